The van der Waals surface area contributed by atoms with E-state index in [4.69, 9.17) is 0 Å². The number of para-hydroxylation sites is 1. The van der Waals surface area contributed by atoms with Gasteiger partial charge in [-0.15, -0.1) is 0 Å². The van der Waals surface area contributed by atoms with Crippen molar-refractivity contribution in [3.63, 3.8) is 0 Å². The van der Waals surface area contributed by atoms with E-state index in [9.17, 15) is 14.9 Å². The standard InChI is InChI=1S/C14H10BrN3O3/c15-10-6-5-8(7-12(10)18(20)21)13-16-11-4-2-1-3-9(11)14(19)17-13/h1-7,13,16H,(H,17,19)/t13-/m1/s1. The number of anilines is 1. The van der Waals surface area contributed by atoms with Crippen molar-refractivity contribution in [1.82, 2.24) is 5.32 Å². The lowest BCUT2D eigenvalue weighted by molar-refractivity contribution is -0.385. The molecule has 7 heteroatoms. The van der Waals surface area contributed by atoms with E-state index < -0.39 is 11.1 Å². The number of benzene rings is 2. The summed E-state index contributed by atoms with van der Waals surface area (Å²) in [6, 6.07) is 11.9. The predicted molar refractivity (Wildman–Crippen MR) is 81.1 cm³/mol. The quantitative estimate of drug-likeness (QED) is 0.645. The first-order valence-corrected chi connectivity index (χ1v) is 6.96. The summed E-state index contributed by atoms with van der Waals surface area (Å²) in [6.45, 7) is 0. The summed E-state index contributed by atoms with van der Waals surface area (Å²) < 4.78 is 0.402. The Bertz CT molecular complexity index is 748. The van der Waals surface area contributed by atoms with Crippen LogP contribution in [0.25, 0.3) is 0 Å². The molecule has 0 radical (unpaired) electrons. The molecule has 0 saturated heterocycles. The summed E-state index contributed by atoms with van der Waals surface area (Å²) in [5, 5.41) is 16.9. The van der Waals surface area contributed by atoms with E-state index in [1.54, 1.807) is 30.3 Å². The van der Waals surface area contributed by atoms with Gasteiger partial charge in [-0.3, -0.25) is 14.9 Å². The minimum Gasteiger partial charge on any atom is -0.361 e. The van der Waals surface area contributed by atoms with Crippen molar-refractivity contribution in [1.29, 1.82) is 0 Å². The second-order valence-electron chi connectivity index (χ2n) is 4.56. The van der Waals surface area contributed by atoms with Crippen LogP contribution in [-0.4, -0.2) is 10.8 Å². The minimum absolute atomic E-state index is 0.0394. The summed E-state index contributed by atoms with van der Waals surface area (Å²) in [5.41, 5.74) is 1.84. The zero-order valence-corrected chi connectivity index (χ0v) is 12.3. The molecule has 0 fully saturated rings. The van der Waals surface area contributed by atoms with Gasteiger partial charge in [-0.1, -0.05) is 18.2 Å². The maximum Gasteiger partial charge on any atom is 0.283 e. The van der Waals surface area contributed by atoms with Gasteiger partial charge in [-0.25, -0.2) is 0 Å². The highest BCUT2D eigenvalue weighted by Crippen LogP contribution is 2.31. The van der Waals surface area contributed by atoms with E-state index in [-0.39, 0.29) is 11.6 Å². The van der Waals surface area contributed by atoms with Crippen LogP contribution in [0.1, 0.15) is 22.1 Å². The number of carbonyl (C=O) groups is 1. The highest BCUT2D eigenvalue weighted by molar-refractivity contribution is 9.10. The van der Waals surface area contributed by atoms with E-state index in [2.05, 4.69) is 26.6 Å². The van der Waals surface area contributed by atoms with Gasteiger partial charge < -0.3 is 10.6 Å². The molecule has 2 aromatic rings. The van der Waals surface area contributed by atoms with Crippen molar-refractivity contribution >= 4 is 33.2 Å². The number of hydrogen-bond donors (Lipinski definition) is 2. The normalized spacial score (nSPS) is 16.6. The van der Waals surface area contributed by atoms with Crippen LogP contribution in [0.5, 0.6) is 0 Å². The number of carbonyl (C=O) groups excluding carboxylic acids is 1. The maximum absolute atomic E-state index is 12.1. The molecule has 0 saturated carbocycles. The molecule has 6 nitrogen and oxygen atoms in total. The molecular formula is C14H10BrN3O3. The van der Waals surface area contributed by atoms with Crippen LogP contribution >= 0.6 is 15.9 Å². The van der Waals surface area contributed by atoms with Crippen molar-refractivity contribution in [2.24, 2.45) is 0 Å². The molecule has 1 atom stereocenters. The van der Waals surface area contributed by atoms with E-state index in [1.807, 2.05) is 6.07 Å². The summed E-state index contributed by atoms with van der Waals surface area (Å²) in [7, 11) is 0. The summed E-state index contributed by atoms with van der Waals surface area (Å²) >= 11 is 3.14. The molecule has 1 heterocycles. The van der Waals surface area contributed by atoms with Gasteiger partial charge in [0.25, 0.3) is 11.6 Å². The van der Waals surface area contributed by atoms with Crippen LogP contribution in [0.2, 0.25) is 0 Å². The molecule has 0 spiro atoms. The third-order valence-electron chi connectivity index (χ3n) is 3.25. The Morgan fingerprint density at radius 1 is 1.14 bits per heavy atom. The number of amides is 1. The third kappa shape index (κ3) is 2.47. The number of halogens is 1. The number of hydrogen-bond acceptors (Lipinski definition) is 4. The fraction of sp³-hybridized carbons (Fsp3) is 0.0714. The monoisotopic (exact) mass is 347 g/mol. The van der Waals surface area contributed by atoms with Gasteiger partial charge >= 0.3 is 0 Å². The number of nitro benzene ring substituents is 1. The Kier molecular flexibility index (Phi) is 3.34. The largest absolute Gasteiger partial charge is 0.361 e. The fourth-order valence-corrected chi connectivity index (χ4v) is 2.61. The van der Waals surface area contributed by atoms with Gasteiger partial charge in [0.05, 0.1) is 15.0 Å². The second kappa shape index (κ2) is 5.17. The van der Waals surface area contributed by atoms with Crippen LogP contribution in [0.15, 0.2) is 46.9 Å². The average Bonchev–Trinajstić information content (AvgIpc) is 2.47. The Labute approximate surface area is 128 Å². The van der Waals surface area contributed by atoms with Gasteiger partial charge in [0, 0.05) is 17.3 Å². The molecule has 1 aliphatic rings. The highest BCUT2D eigenvalue weighted by Gasteiger charge is 2.25. The smallest absolute Gasteiger partial charge is 0.283 e. The first-order chi connectivity index (χ1) is 10.1. The molecule has 106 valence electrons. The Balaban J connectivity index is 1.98. The molecule has 0 unspecified atom stereocenters. The van der Waals surface area contributed by atoms with Crippen molar-refractivity contribution in [2.45, 2.75) is 6.17 Å². The highest BCUT2D eigenvalue weighted by atomic mass is 79.9. The van der Waals surface area contributed by atoms with Gasteiger partial charge in [0.1, 0.15) is 6.17 Å². The third-order valence-corrected chi connectivity index (χ3v) is 3.92. The first-order valence-electron chi connectivity index (χ1n) is 6.16. The number of nitrogens with zero attached hydrogens (tertiary/aromatic N) is 1. The fourth-order valence-electron chi connectivity index (χ4n) is 2.22. The van der Waals surface area contributed by atoms with E-state index in [0.717, 1.165) is 0 Å². The van der Waals surface area contributed by atoms with Crippen LogP contribution in [0.3, 0.4) is 0 Å². The van der Waals surface area contributed by atoms with Crippen LogP contribution in [0.4, 0.5) is 11.4 Å². The molecule has 1 aliphatic heterocycles. The number of nitrogens with one attached hydrogen (secondary N) is 2. The summed E-state index contributed by atoms with van der Waals surface area (Å²) in [4.78, 5) is 22.6. The Morgan fingerprint density at radius 3 is 2.67 bits per heavy atom. The van der Waals surface area contributed by atoms with Crippen molar-refractivity contribution in [3.8, 4) is 0 Å². The lowest BCUT2D eigenvalue weighted by atomic mass is 10.1. The summed E-state index contributed by atoms with van der Waals surface area (Å²) in [6.07, 6.45) is -0.501. The molecular weight excluding hydrogens is 338 g/mol. The van der Waals surface area contributed by atoms with Crippen LogP contribution in [-0.2, 0) is 0 Å². The lowest BCUT2D eigenvalue weighted by Crippen LogP contribution is -2.38. The SMILES string of the molecule is O=C1N[C@H](c2ccc(Br)c([N+](=O)[O-])c2)Nc2ccccc21. The Morgan fingerprint density at radius 2 is 1.90 bits per heavy atom. The topological polar surface area (TPSA) is 84.3 Å². The van der Waals surface area contributed by atoms with E-state index in [0.29, 0.717) is 21.3 Å². The van der Waals surface area contributed by atoms with Crippen LogP contribution in [0, 0.1) is 10.1 Å². The minimum atomic E-state index is -0.501. The van der Waals surface area contributed by atoms with Gasteiger partial charge in [0.2, 0.25) is 0 Å². The molecule has 0 aromatic heterocycles. The Hall–Kier alpha value is -2.41. The van der Waals surface area contributed by atoms with Gasteiger partial charge in [0.15, 0.2) is 0 Å². The van der Waals surface area contributed by atoms with Crippen molar-refractivity contribution in [2.75, 3.05) is 5.32 Å². The van der Waals surface area contributed by atoms with E-state index in [1.165, 1.54) is 6.07 Å². The van der Waals surface area contributed by atoms with Gasteiger partial charge in [-0.05, 0) is 34.1 Å². The predicted octanol–water partition coefficient (Wildman–Crippen LogP) is 3.21. The molecule has 21 heavy (non-hydrogen) atoms. The number of fused-ring (bicyclic) bond motifs is 1. The molecule has 3 rings (SSSR count). The van der Waals surface area contributed by atoms with E-state index >= 15 is 0 Å². The first kappa shape index (κ1) is 13.6. The molecule has 0 aliphatic carbocycles. The summed E-state index contributed by atoms with van der Waals surface area (Å²) in [5.74, 6) is -0.208. The molecule has 2 aromatic carbocycles. The second-order valence-corrected chi connectivity index (χ2v) is 5.42. The zero-order chi connectivity index (χ0) is 15.0. The number of nitro groups is 1. The van der Waals surface area contributed by atoms with Crippen molar-refractivity contribution in [3.05, 3.63) is 68.2 Å². The molecule has 2 N–H and O–H groups in total. The molecule has 1 amide bonds. The lowest BCUT2D eigenvalue weighted by Gasteiger charge is -2.28. The zero-order valence-electron chi connectivity index (χ0n) is 10.7. The van der Waals surface area contributed by atoms with Gasteiger partial charge in [-0.2, -0.15) is 0 Å². The van der Waals surface area contributed by atoms with Crippen molar-refractivity contribution < 1.29 is 9.72 Å². The average molecular weight is 348 g/mol. The van der Waals surface area contributed by atoms with Crippen LogP contribution < -0.4 is 10.6 Å². The number of rotatable bonds is 2. The molecule has 0 bridgehead atoms. The maximum atomic E-state index is 12.1.